The van der Waals surface area contributed by atoms with Gasteiger partial charge in [0.2, 0.25) is 0 Å². The zero-order valence-corrected chi connectivity index (χ0v) is 7.33. The molecule has 0 atom stereocenters. The molecule has 1 aliphatic rings. The first kappa shape index (κ1) is 9.05. The number of anilines is 1. The maximum absolute atomic E-state index is 13.4. The summed E-state index contributed by atoms with van der Waals surface area (Å²) in [7, 11) is 0. The highest BCUT2D eigenvalue weighted by Crippen LogP contribution is 2.27. The average Bonchev–Trinajstić information content (AvgIpc) is 2.09. The molecule has 1 fully saturated rings. The first-order chi connectivity index (χ1) is 6.74. The molecule has 0 unspecified atom stereocenters. The molecule has 0 bridgehead atoms. The Morgan fingerprint density at radius 2 is 2.14 bits per heavy atom. The van der Waals surface area contributed by atoms with Gasteiger partial charge in [-0.15, -0.1) is 0 Å². The molecule has 14 heavy (non-hydrogen) atoms. The van der Waals surface area contributed by atoms with Crippen LogP contribution < -0.4 is 4.90 Å². The molecule has 0 spiro atoms. The molecule has 2 rings (SSSR count). The minimum absolute atomic E-state index is 0.131. The molecule has 1 aliphatic heterocycles. The van der Waals surface area contributed by atoms with Crippen LogP contribution in [0.3, 0.4) is 0 Å². The van der Waals surface area contributed by atoms with E-state index >= 15 is 0 Å². The van der Waals surface area contributed by atoms with E-state index in [-0.39, 0.29) is 17.7 Å². The van der Waals surface area contributed by atoms with Crippen molar-refractivity contribution in [2.24, 2.45) is 0 Å². The number of rotatable bonds is 2. The highest BCUT2D eigenvalue weighted by atomic mass is 19.1. The lowest BCUT2D eigenvalue weighted by Gasteiger charge is -2.33. The predicted octanol–water partition coefficient (Wildman–Crippen LogP) is 1.38. The van der Waals surface area contributed by atoms with Crippen LogP contribution in [0.15, 0.2) is 6.20 Å². The molecule has 1 saturated heterocycles. The monoisotopic (exact) mass is 198 g/mol. The zero-order valence-electron chi connectivity index (χ0n) is 7.33. The highest BCUT2D eigenvalue weighted by Gasteiger charge is 2.24. The summed E-state index contributed by atoms with van der Waals surface area (Å²) in [5.74, 6) is -1.58. The van der Waals surface area contributed by atoms with Gasteiger partial charge in [0.1, 0.15) is 11.4 Å². The standard InChI is InChI=1S/C9H8F2N2O/c10-6-4-12-7(5-14)8(11)9(6)13-2-1-3-13/h4-5H,1-3H2. The second-order valence-electron chi connectivity index (χ2n) is 3.11. The Balaban J connectivity index is 2.49. The van der Waals surface area contributed by atoms with Crippen molar-refractivity contribution in [3.05, 3.63) is 23.5 Å². The van der Waals surface area contributed by atoms with Gasteiger partial charge < -0.3 is 4.90 Å². The Labute approximate surface area is 79.4 Å². The fourth-order valence-electron chi connectivity index (χ4n) is 1.38. The molecule has 74 valence electrons. The van der Waals surface area contributed by atoms with Crippen molar-refractivity contribution in [1.82, 2.24) is 4.98 Å². The van der Waals surface area contributed by atoms with Gasteiger partial charge in [0.15, 0.2) is 17.9 Å². The van der Waals surface area contributed by atoms with Crippen LogP contribution in [0.2, 0.25) is 0 Å². The minimum Gasteiger partial charge on any atom is -0.367 e. The van der Waals surface area contributed by atoms with Crippen molar-refractivity contribution in [3.8, 4) is 0 Å². The smallest absolute Gasteiger partial charge is 0.178 e. The van der Waals surface area contributed by atoms with Crippen molar-refractivity contribution in [1.29, 1.82) is 0 Å². The molecular formula is C9H8F2N2O. The van der Waals surface area contributed by atoms with Crippen LogP contribution in [-0.2, 0) is 0 Å². The maximum atomic E-state index is 13.4. The number of carbonyl (C=O) groups excluding carboxylic acids is 1. The molecule has 0 aliphatic carbocycles. The minimum atomic E-state index is -0.861. The summed E-state index contributed by atoms with van der Waals surface area (Å²) in [6, 6.07) is 0. The third kappa shape index (κ3) is 1.25. The van der Waals surface area contributed by atoms with Crippen LogP contribution in [0.1, 0.15) is 16.9 Å². The molecule has 0 saturated carbocycles. The molecule has 3 nitrogen and oxygen atoms in total. The van der Waals surface area contributed by atoms with Crippen LogP contribution in [0, 0.1) is 11.6 Å². The van der Waals surface area contributed by atoms with E-state index in [0.717, 1.165) is 12.6 Å². The second-order valence-corrected chi connectivity index (χ2v) is 3.11. The number of pyridine rings is 1. The predicted molar refractivity (Wildman–Crippen MR) is 46.4 cm³/mol. The molecule has 0 aromatic carbocycles. The van der Waals surface area contributed by atoms with Crippen LogP contribution in [0.25, 0.3) is 0 Å². The number of hydrogen-bond acceptors (Lipinski definition) is 3. The number of aldehydes is 1. The fourth-order valence-corrected chi connectivity index (χ4v) is 1.38. The van der Waals surface area contributed by atoms with E-state index < -0.39 is 11.6 Å². The van der Waals surface area contributed by atoms with Crippen LogP contribution in [0.5, 0.6) is 0 Å². The van der Waals surface area contributed by atoms with Gasteiger partial charge in [-0.25, -0.2) is 13.8 Å². The van der Waals surface area contributed by atoms with Gasteiger partial charge in [-0.1, -0.05) is 0 Å². The average molecular weight is 198 g/mol. The van der Waals surface area contributed by atoms with E-state index in [9.17, 15) is 13.6 Å². The first-order valence-electron chi connectivity index (χ1n) is 4.28. The molecule has 1 aromatic rings. The first-order valence-corrected chi connectivity index (χ1v) is 4.28. The Hall–Kier alpha value is -1.52. The number of halogens is 2. The molecule has 0 amide bonds. The lowest BCUT2D eigenvalue weighted by molar-refractivity contribution is 0.111. The van der Waals surface area contributed by atoms with E-state index in [0.29, 0.717) is 13.1 Å². The van der Waals surface area contributed by atoms with Gasteiger partial charge in [-0.3, -0.25) is 4.79 Å². The molecule has 1 aromatic heterocycles. The van der Waals surface area contributed by atoms with Crippen molar-refractivity contribution in [2.45, 2.75) is 6.42 Å². The number of aromatic nitrogens is 1. The topological polar surface area (TPSA) is 33.2 Å². The van der Waals surface area contributed by atoms with E-state index in [1.807, 2.05) is 0 Å². The van der Waals surface area contributed by atoms with Crippen LogP contribution in [0.4, 0.5) is 14.5 Å². The lowest BCUT2D eigenvalue weighted by atomic mass is 10.1. The Morgan fingerprint density at radius 3 is 2.64 bits per heavy atom. The number of carbonyl (C=O) groups is 1. The highest BCUT2D eigenvalue weighted by molar-refractivity contribution is 5.75. The van der Waals surface area contributed by atoms with Crippen molar-refractivity contribution in [3.63, 3.8) is 0 Å². The second kappa shape index (κ2) is 3.32. The van der Waals surface area contributed by atoms with Crippen LogP contribution >= 0.6 is 0 Å². The third-order valence-corrected chi connectivity index (χ3v) is 2.26. The lowest BCUT2D eigenvalue weighted by Crippen LogP contribution is -2.38. The molecule has 5 heteroatoms. The Bertz CT molecular complexity index is 377. The quantitative estimate of drug-likeness (QED) is 0.673. The maximum Gasteiger partial charge on any atom is 0.178 e. The molecule has 0 radical (unpaired) electrons. The summed E-state index contributed by atoms with van der Waals surface area (Å²) in [4.78, 5) is 15.3. The van der Waals surface area contributed by atoms with Crippen molar-refractivity contribution < 1.29 is 13.6 Å². The molecule has 2 heterocycles. The largest absolute Gasteiger partial charge is 0.367 e. The Morgan fingerprint density at radius 1 is 1.43 bits per heavy atom. The SMILES string of the molecule is O=Cc1ncc(F)c(N2CCC2)c1F. The van der Waals surface area contributed by atoms with Gasteiger partial charge in [0.05, 0.1) is 6.20 Å². The molecule has 0 N–H and O–H groups in total. The summed E-state index contributed by atoms with van der Waals surface area (Å²) in [5, 5.41) is 0. The summed E-state index contributed by atoms with van der Waals surface area (Å²) in [6.07, 6.45) is 2.08. The van der Waals surface area contributed by atoms with Crippen molar-refractivity contribution >= 4 is 12.0 Å². The van der Waals surface area contributed by atoms with E-state index in [4.69, 9.17) is 0 Å². The van der Waals surface area contributed by atoms with Gasteiger partial charge >= 0.3 is 0 Å². The van der Waals surface area contributed by atoms with Gasteiger partial charge in [0, 0.05) is 13.1 Å². The van der Waals surface area contributed by atoms with E-state index in [2.05, 4.69) is 4.98 Å². The zero-order chi connectivity index (χ0) is 10.1. The number of nitrogens with zero attached hydrogens (tertiary/aromatic N) is 2. The van der Waals surface area contributed by atoms with E-state index in [1.54, 1.807) is 4.90 Å². The summed E-state index contributed by atoms with van der Waals surface area (Å²) >= 11 is 0. The molecular weight excluding hydrogens is 190 g/mol. The summed E-state index contributed by atoms with van der Waals surface area (Å²) in [5.41, 5.74) is -0.471. The summed E-state index contributed by atoms with van der Waals surface area (Å²) < 4.78 is 26.6. The third-order valence-electron chi connectivity index (χ3n) is 2.26. The summed E-state index contributed by atoms with van der Waals surface area (Å²) in [6.45, 7) is 1.24. The van der Waals surface area contributed by atoms with Gasteiger partial charge in [-0.05, 0) is 6.42 Å². The van der Waals surface area contributed by atoms with Crippen molar-refractivity contribution in [2.75, 3.05) is 18.0 Å². The van der Waals surface area contributed by atoms with Gasteiger partial charge in [-0.2, -0.15) is 0 Å². The van der Waals surface area contributed by atoms with Crippen LogP contribution in [-0.4, -0.2) is 24.4 Å². The van der Waals surface area contributed by atoms with E-state index in [1.165, 1.54) is 0 Å². The Kier molecular flexibility index (Phi) is 2.15. The normalized spacial score (nSPS) is 15.1. The number of hydrogen-bond donors (Lipinski definition) is 0. The fraction of sp³-hybridized carbons (Fsp3) is 0.333. The van der Waals surface area contributed by atoms with Gasteiger partial charge in [0.25, 0.3) is 0 Å².